The molecule has 5 nitrogen and oxygen atoms in total. The van der Waals surface area contributed by atoms with Crippen molar-refractivity contribution in [2.75, 3.05) is 13.1 Å². The van der Waals surface area contributed by atoms with Crippen LogP contribution in [-0.4, -0.2) is 38.7 Å². The highest BCUT2D eigenvalue weighted by Crippen LogP contribution is 2.29. The summed E-state index contributed by atoms with van der Waals surface area (Å²) >= 11 is 3.47. The maximum atomic E-state index is 11.2. The van der Waals surface area contributed by atoms with E-state index in [-0.39, 0.29) is 0 Å². The molecule has 3 aromatic rings. The Morgan fingerprint density at radius 2 is 1.96 bits per heavy atom. The van der Waals surface area contributed by atoms with E-state index in [0.717, 1.165) is 39.9 Å². The van der Waals surface area contributed by atoms with Crippen molar-refractivity contribution in [3.8, 4) is 11.4 Å². The lowest BCUT2D eigenvalue weighted by atomic mass is 10.1. The van der Waals surface area contributed by atoms with Gasteiger partial charge in [-0.1, -0.05) is 40.2 Å². The summed E-state index contributed by atoms with van der Waals surface area (Å²) in [5.74, 6) is 1.24. The first-order valence-corrected chi connectivity index (χ1v) is 9.10. The maximum Gasteiger partial charge on any atom is 0.407 e. The molecule has 1 aliphatic heterocycles. The number of carbonyl (C=O) groups is 1. The van der Waals surface area contributed by atoms with Gasteiger partial charge in [-0.2, -0.15) is 0 Å². The zero-order valence-corrected chi connectivity index (χ0v) is 15.2. The molecule has 1 saturated heterocycles. The van der Waals surface area contributed by atoms with Crippen LogP contribution in [0.15, 0.2) is 53.0 Å². The van der Waals surface area contributed by atoms with Crippen molar-refractivity contribution in [2.24, 2.45) is 5.92 Å². The molecule has 2 heterocycles. The summed E-state index contributed by atoms with van der Waals surface area (Å²) in [6.07, 6.45) is 0.0598. The van der Waals surface area contributed by atoms with Crippen LogP contribution in [0.2, 0.25) is 0 Å². The molecule has 0 saturated carbocycles. The number of fused-ring (bicyclic) bond motifs is 1. The molecule has 6 heteroatoms. The molecule has 4 rings (SSSR count). The van der Waals surface area contributed by atoms with E-state index in [1.165, 1.54) is 4.90 Å². The second kappa shape index (κ2) is 6.52. The fraction of sp³-hybridized carbons (Fsp3) is 0.263. The van der Waals surface area contributed by atoms with E-state index in [1.807, 2.05) is 30.3 Å². The molecule has 128 valence electrons. The minimum atomic E-state index is -0.828. The smallest absolute Gasteiger partial charge is 0.407 e. The highest BCUT2D eigenvalue weighted by Gasteiger charge is 2.27. The number of imidazole rings is 1. The largest absolute Gasteiger partial charge is 0.465 e. The maximum absolute atomic E-state index is 11.2. The van der Waals surface area contributed by atoms with Crippen LogP contribution in [0.3, 0.4) is 0 Å². The van der Waals surface area contributed by atoms with Crippen molar-refractivity contribution in [3.63, 3.8) is 0 Å². The Hall–Kier alpha value is -2.34. The Labute approximate surface area is 154 Å². The zero-order valence-electron chi connectivity index (χ0n) is 13.6. The molecule has 1 atom stereocenters. The molecule has 1 fully saturated rings. The van der Waals surface area contributed by atoms with Gasteiger partial charge in [0.15, 0.2) is 0 Å². The van der Waals surface area contributed by atoms with Gasteiger partial charge in [-0.15, -0.1) is 0 Å². The van der Waals surface area contributed by atoms with Gasteiger partial charge >= 0.3 is 6.09 Å². The predicted octanol–water partition coefficient (Wildman–Crippen LogP) is 4.47. The number of carboxylic acid groups (broad SMARTS) is 1. The molecule has 1 amide bonds. The van der Waals surface area contributed by atoms with Crippen LogP contribution in [0.25, 0.3) is 22.4 Å². The summed E-state index contributed by atoms with van der Waals surface area (Å²) < 4.78 is 3.26. The molecule has 2 aromatic carbocycles. The van der Waals surface area contributed by atoms with Crippen LogP contribution >= 0.6 is 15.9 Å². The average Bonchev–Trinajstić information content (AvgIpc) is 3.22. The minimum Gasteiger partial charge on any atom is -0.465 e. The first-order chi connectivity index (χ1) is 12.1. The van der Waals surface area contributed by atoms with E-state index in [0.29, 0.717) is 19.0 Å². The Morgan fingerprint density at radius 3 is 2.68 bits per heavy atom. The van der Waals surface area contributed by atoms with Crippen molar-refractivity contribution >= 4 is 33.1 Å². The van der Waals surface area contributed by atoms with Crippen LogP contribution in [0.1, 0.15) is 6.42 Å². The van der Waals surface area contributed by atoms with E-state index >= 15 is 0 Å². The van der Waals surface area contributed by atoms with E-state index in [9.17, 15) is 9.90 Å². The summed E-state index contributed by atoms with van der Waals surface area (Å²) in [5, 5.41) is 9.19. The topological polar surface area (TPSA) is 58.4 Å². The monoisotopic (exact) mass is 399 g/mol. The third-order valence-electron chi connectivity index (χ3n) is 4.75. The van der Waals surface area contributed by atoms with Gasteiger partial charge in [0.05, 0.1) is 11.0 Å². The molecule has 0 aliphatic carbocycles. The minimum absolute atomic E-state index is 0.308. The van der Waals surface area contributed by atoms with Crippen LogP contribution in [-0.2, 0) is 6.54 Å². The second-order valence-corrected chi connectivity index (χ2v) is 7.34. The Bertz CT molecular complexity index is 920. The highest BCUT2D eigenvalue weighted by molar-refractivity contribution is 9.10. The van der Waals surface area contributed by atoms with Crippen molar-refractivity contribution in [2.45, 2.75) is 13.0 Å². The lowest BCUT2D eigenvalue weighted by Gasteiger charge is -2.15. The van der Waals surface area contributed by atoms with E-state index < -0.39 is 6.09 Å². The van der Waals surface area contributed by atoms with Crippen LogP contribution in [0, 0.1) is 5.92 Å². The SMILES string of the molecule is O=C(O)N1CC[C@@H](Cn2c(-c3ccc(Br)cc3)nc3ccccc32)C1. The summed E-state index contributed by atoms with van der Waals surface area (Å²) in [7, 11) is 0. The normalized spacial score (nSPS) is 17.3. The van der Waals surface area contributed by atoms with Gasteiger partial charge in [-0.3, -0.25) is 0 Å². The quantitative estimate of drug-likeness (QED) is 0.706. The van der Waals surface area contributed by atoms with Crippen LogP contribution in [0.4, 0.5) is 4.79 Å². The van der Waals surface area contributed by atoms with Crippen molar-refractivity contribution in [3.05, 3.63) is 53.0 Å². The van der Waals surface area contributed by atoms with Gasteiger partial charge in [0.1, 0.15) is 5.82 Å². The van der Waals surface area contributed by atoms with E-state index in [4.69, 9.17) is 4.98 Å². The molecule has 25 heavy (non-hydrogen) atoms. The summed E-state index contributed by atoms with van der Waals surface area (Å²) in [6, 6.07) is 16.2. The molecule has 0 spiro atoms. The third kappa shape index (κ3) is 3.14. The van der Waals surface area contributed by atoms with Crippen molar-refractivity contribution < 1.29 is 9.90 Å². The number of para-hydroxylation sites is 2. The Kier molecular flexibility index (Phi) is 4.21. The number of hydrogen-bond donors (Lipinski definition) is 1. The van der Waals surface area contributed by atoms with Crippen LogP contribution < -0.4 is 0 Å². The summed E-state index contributed by atoms with van der Waals surface area (Å²) in [5.41, 5.74) is 3.12. The summed E-state index contributed by atoms with van der Waals surface area (Å²) in [6.45, 7) is 1.97. The molecular weight excluding hydrogens is 382 g/mol. The number of rotatable bonds is 3. The fourth-order valence-corrected chi connectivity index (χ4v) is 3.76. The van der Waals surface area contributed by atoms with Gasteiger partial charge < -0.3 is 14.6 Å². The first kappa shape index (κ1) is 16.1. The fourth-order valence-electron chi connectivity index (χ4n) is 3.49. The number of halogens is 1. The number of nitrogens with zero attached hydrogens (tertiary/aromatic N) is 3. The number of amides is 1. The predicted molar refractivity (Wildman–Crippen MR) is 101 cm³/mol. The molecular formula is C19H18BrN3O2. The van der Waals surface area contributed by atoms with Crippen molar-refractivity contribution in [1.29, 1.82) is 0 Å². The van der Waals surface area contributed by atoms with Gasteiger partial charge in [-0.25, -0.2) is 9.78 Å². The first-order valence-electron chi connectivity index (χ1n) is 8.31. The van der Waals surface area contributed by atoms with E-state index in [1.54, 1.807) is 0 Å². The third-order valence-corrected chi connectivity index (χ3v) is 5.28. The van der Waals surface area contributed by atoms with Crippen molar-refractivity contribution in [1.82, 2.24) is 14.5 Å². The number of hydrogen-bond acceptors (Lipinski definition) is 2. The highest BCUT2D eigenvalue weighted by atomic mass is 79.9. The molecule has 1 N–H and O–H groups in total. The van der Waals surface area contributed by atoms with Gasteiger partial charge in [0, 0.05) is 29.7 Å². The number of benzene rings is 2. The average molecular weight is 400 g/mol. The lowest BCUT2D eigenvalue weighted by molar-refractivity contribution is 0.153. The molecule has 0 unspecified atom stereocenters. The number of aromatic nitrogens is 2. The molecule has 1 aliphatic rings. The molecule has 1 aromatic heterocycles. The number of likely N-dealkylation sites (tertiary alicyclic amines) is 1. The summed E-state index contributed by atoms with van der Waals surface area (Å²) in [4.78, 5) is 17.5. The lowest BCUT2D eigenvalue weighted by Crippen LogP contribution is -2.27. The zero-order chi connectivity index (χ0) is 17.4. The Balaban J connectivity index is 1.72. The van der Waals surface area contributed by atoms with Gasteiger partial charge in [-0.05, 0) is 36.6 Å². The second-order valence-electron chi connectivity index (χ2n) is 6.42. The van der Waals surface area contributed by atoms with Crippen LogP contribution in [0.5, 0.6) is 0 Å². The van der Waals surface area contributed by atoms with Gasteiger partial charge in [0.25, 0.3) is 0 Å². The molecule has 0 bridgehead atoms. The molecule has 0 radical (unpaired) electrons. The van der Waals surface area contributed by atoms with E-state index in [2.05, 4.69) is 38.7 Å². The standard InChI is InChI=1S/C19H18BrN3O2/c20-15-7-5-14(6-8-15)18-21-16-3-1-2-4-17(16)23(18)12-13-9-10-22(11-13)19(24)25/h1-8,13H,9-12H2,(H,24,25)/t13-/m1/s1. The Morgan fingerprint density at radius 1 is 1.20 bits per heavy atom. The van der Waals surface area contributed by atoms with Gasteiger partial charge in [0.2, 0.25) is 0 Å².